The SMILES string of the molecule is COc1ccc2ncc(Cl)c(C(N)CCC3CCN(CCSc4cccc(F)c4)CC3CC(=O)O)c2c1. The molecular weight excluding hydrogens is 513 g/mol. The highest BCUT2D eigenvalue weighted by atomic mass is 35.5. The minimum absolute atomic E-state index is 0.0577. The van der Waals surface area contributed by atoms with Gasteiger partial charge in [-0.2, -0.15) is 0 Å². The molecule has 1 aromatic heterocycles. The Hall–Kier alpha value is -2.39. The quantitative estimate of drug-likeness (QED) is 0.285. The van der Waals surface area contributed by atoms with E-state index in [1.807, 2.05) is 24.3 Å². The van der Waals surface area contributed by atoms with Crippen LogP contribution in [0.2, 0.25) is 5.02 Å². The van der Waals surface area contributed by atoms with E-state index in [1.165, 1.54) is 6.07 Å². The van der Waals surface area contributed by atoms with Crippen molar-refractivity contribution in [1.29, 1.82) is 0 Å². The summed E-state index contributed by atoms with van der Waals surface area (Å²) in [6.07, 6.45) is 4.23. The average molecular weight is 546 g/mol. The summed E-state index contributed by atoms with van der Waals surface area (Å²) in [5.41, 5.74) is 8.33. The number of benzene rings is 2. The van der Waals surface area contributed by atoms with Crippen LogP contribution >= 0.6 is 23.4 Å². The van der Waals surface area contributed by atoms with Gasteiger partial charge in [-0.25, -0.2) is 4.39 Å². The Morgan fingerprint density at radius 1 is 1.32 bits per heavy atom. The Morgan fingerprint density at radius 2 is 2.16 bits per heavy atom. The van der Waals surface area contributed by atoms with Gasteiger partial charge >= 0.3 is 5.97 Å². The molecule has 4 rings (SSSR count). The maximum absolute atomic E-state index is 13.4. The van der Waals surface area contributed by atoms with Crippen LogP contribution < -0.4 is 10.5 Å². The molecule has 0 aliphatic carbocycles. The first-order valence-corrected chi connectivity index (χ1v) is 13.9. The third-order valence-corrected chi connectivity index (χ3v) is 8.45. The first-order chi connectivity index (χ1) is 17.8. The molecule has 3 aromatic rings. The summed E-state index contributed by atoms with van der Waals surface area (Å²) in [7, 11) is 1.62. The largest absolute Gasteiger partial charge is 0.497 e. The highest BCUT2D eigenvalue weighted by molar-refractivity contribution is 7.99. The van der Waals surface area contributed by atoms with E-state index in [2.05, 4.69) is 9.88 Å². The number of piperidine rings is 1. The van der Waals surface area contributed by atoms with Gasteiger partial charge in [0.25, 0.3) is 0 Å². The number of pyridine rings is 1. The average Bonchev–Trinajstić information content (AvgIpc) is 2.87. The number of nitrogens with zero attached hydrogens (tertiary/aromatic N) is 2. The van der Waals surface area contributed by atoms with Gasteiger partial charge in [0.05, 0.1) is 17.6 Å². The van der Waals surface area contributed by atoms with E-state index in [0.717, 1.165) is 65.3 Å². The van der Waals surface area contributed by atoms with E-state index in [0.29, 0.717) is 11.4 Å². The molecule has 3 atom stereocenters. The zero-order valence-corrected chi connectivity index (χ0v) is 22.5. The molecule has 0 bridgehead atoms. The van der Waals surface area contributed by atoms with Crippen molar-refractivity contribution < 1.29 is 19.0 Å². The molecule has 0 saturated carbocycles. The number of hydrogen-bond acceptors (Lipinski definition) is 6. The number of carboxylic acids is 1. The molecule has 6 nitrogen and oxygen atoms in total. The molecule has 3 N–H and O–H groups in total. The van der Waals surface area contributed by atoms with E-state index in [9.17, 15) is 14.3 Å². The smallest absolute Gasteiger partial charge is 0.303 e. The lowest BCUT2D eigenvalue weighted by Crippen LogP contribution is -2.42. The molecule has 1 fully saturated rings. The predicted octanol–water partition coefficient (Wildman–Crippen LogP) is 6.02. The number of fused-ring (bicyclic) bond motifs is 1. The molecule has 198 valence electrons. The van der Waals surface area contributed by atoms with Crippen molar-refractivity contribution in [2.75, 3.05) is 32.5 Å². The van der Waals surface area contributed by atoms with E-state index < -0.39 is 5.97 Å². The van der Waals surface area contributed by atoms with Crippen molar-refractivity contribution in [3.63, 3.8) is 0 Å². The molecule has 1 aliphatic heterocycles. The molecular formula is C28H33ClFN3O3S. The number of carbonyl (C=O) groups is 1. The van der Waals surface area contributed by atoms with Gasteiger partial charge in [-0.3, -0.25) is 9.78 Å². The van der Waals surface area contributed by atoms with Crippen LogP contribution in [0.25, 0.3) is 10.9 Å². The number of nitrogens with two attached hydrogens (primary N) is 1. The van der Waals surface area contributed by atoms with Crippen molar-refractivity contribution in [3.8, 4) is 5.75 Å². The second-order valence-corrected chi connectivity index (χ2v) is 11.2. The van der Waals surface area contributed by atoms with Crippen molar-refractivity contribution in [2.45, 2.75) is 36.6 Å². The standard InChI is InChI=1S/C28H33ClFN3O3S/c1-36-21-6-8-26-23(15-21)28(24(29)16-32-26)25(31)7-5-18-9-10-33(17-19(18)13-27(34)35)11-12-37-22-4-2-3-20(30)14-22/h2-4,6,8,14-16,18-19,25H,5,7,9-13,17,31H2,1H3,(H,34,35). The van der Waals surface area contributed by atoms with Gasteiger partial charge in [0.1, 0.15) is 11.6 Å². The second-order valence-electron chi connectivity index (χ2n) is 9.60. The van der Waals surface area contributed by atoms with Crippen LogP contribution in [0.15, 0.2) is 53.6 Å². The first kappa shape index (κ1) is 27.6. The molecule has 9 heteroatoms. The maximum Gasteiger partial charge on any atom is 0.303 e. The number of likely N-dealkylation sites (tertiary alicyclic amines) is 1. The summed E-state index contributed by atoms with van der Waals surface area (Å²) >= 11 is 8.16. The van der Waals surface area contributed by atoms with Gasteiger partial charge in [0.15, 0.2) is 0 Å². The highest BCUT2D eigenvalue weighted by Gasteiger charge is 2.31. The van der Waals surface area contributed by atoms with Crippen LogP contribution in [0, 0.1) is 17.7 Å². The fourth-order valence-electron chi connectivity index (χ4n) is 5.25. The molecule has 2 aromatic carbocycles. The van der Waals surface area contributed by atoms with Gasteiger partial charge in [-0.1, -0.05) is 17.7 Å². The number of ether oxygens (including phenoxy) is 1. The zero-order chi connectivity index (χ0) is 26.4. The van der Waals surface area contributed by atoms with Crippen LogP contribution in [0.1, 0.15) is 37.3 Å². The number of methoxy groups -OCH3 is 1. The van der Waals surface area contributed by atoms with Crippen LogP contribution in [0.4, 0.5) is 4.39 Å². The summed E-state index contributed by atoms with van der Waals surface area (Å²) in [4.78, 5) is 19.3. The number of aliphatic carboxylic acids is 1. The maximum atomic E-state index is 13.4. The van der Waals surface area contributed by atoms with E-state index in [4.69, 9.17) is 22.1 Å². The molecule has 1 aliphatic rings. The minimum atomic E-state index is -0.773. The number of carboxylic acid groups (broad SMARTS) is 1. The Balaban J connectivity index is 1.37. The van der Waals surface area contributed by atoms with E-state index >= 15 is 0 Å². The Kier molecular flexibility index (Phi) is 9.65. The normalized spacial score (nSPS) is 19.1. The van der Waals surface area contributed by atoms with Gasteiger partial charge in [-0.05, 0) is 79.6 Å². The van der Waals surface area contributed by atoms with E-state index in [1.54, 1.807) is 37.2 Å². The lowest BCUT2D eigenvalue weighted by Gasteiger charge is -2.38. The number of aromatic nitrogens is 1. The Morgan fingerprint density at radius 3 is 2.92 bits per heavy atom. The fourth-order valence-corrected chi connectivity index (χ4v) is 6.50. The summed E-state index contributed by atoms with van der Waals surface area (Å²) in [6.45, 7) is 2.49. The molecule has 0 radical (unpaired) electrons. The fraction of sp³-hybridized carbons (Fsp3) is 0.429. The lowest BCUT2D eigenvalue weighted by molar-refractivity contribution is -0.139. The number of thioether (sulfide) groups is 1. The Bertz CT molecular complexity index is 1230. The third kappa shape index (κ3) is 7.35. The number of hydrogen-bond donors (Lipinski definition) is 2. The van der Waals surface area contributed by atoms with Gasteiger partial charge in [-0.15, -0.1) is 11.8 Å². The number of halogens is 2. The van der Waals surface area contributed by atoms with Crippen molar-refractivity contribution >= 4 is 40.2 Å². The zero-order valence-electron chi connectivity index (χ0n) is 20.9. The lowest BCUT2D eigenvalue weighted by atomic mass is 9.79. The summed E-state index contributed by atoms with van der Waals surface area (Å²) in [5, 5.41) is 11.0. The molecule has 2 heterocycles. The van der Waals surface area contributed by atoms with Crippen molar-refractivity contribution in [2.24, 2.45) is 17.6 Å². The van der Waals surface area contributed by atoms with Gasteiger partial charge in [0, 0.05) is 47.8 Å². The highest BCUT2D eigenvalue weighted by Crippen LogP contribution is 2.36. The summed E-state index contributed by atoms with van der Waals surface area (Å²) in [6, 6.07) is 12.0. The summed E-state index contributed by atoms with van der Waals surface area (Å²) in [5.74, 6) is 0.874. The second kappa shape index (κ2) is 12.9. The topological polar surface area (TPSA) is 88.7 Å². The molecule has 0 spiro atoms. The van der Waals surface area contributed by atoms with Gasteiger partial charge in [0.2, 0.25) is 0 Å². The van der Waals surface area contributed by atoms with Crippen molar-refractivity contribution in [3.05, 3.63) is 65.1 Å². The summed E-state index contributed by atoms with van der Waals surface area (Å²) < 4.78 is 18.8. The van der Waals surface area contributed by atoms with Crippen LogP contribution in [-0.4, -0.2) is 53.5 Å². The number of rotatable bonds is 11. The Labute approximate surface area is 226 Å². The first-order valence-electron chi connectivity index (χ1n) is 12.5. The van der Waals surface area contributed by atoms with Crippen LogP contribution in [0.3, 0.4) is 0 Å². The molecule has 37 heavy (non-hydrogen) atoms. The molecule has 3 unspecified atom stereocenters. The van der Waals surface area contributed by atoms with E-state index in [-0.39, 0.29) is 30.1 Å². The van der Waals surface area contributed by atoms with Crippen LogP contribution in [-0.2, 0) is 4.79 Å². The van der Waals surface area contributed by atoms with Gasteiger partial charge < -0.3 is 20.5 Å². The van der Waals surface area contributed by atoms with Crippen molar-refractivity contribution in [1.82, 2.24) is 9.88 Å². The molecule has 0 amide bonds. The minimum Gasteiger partial charge on any atom is -0.497 e. The third-order valence-electron chi connectivity index (χ3n) is 7.17. The molecule has 1 saturated heterocycles. The predicted molar refractivity (Wildman–Crippen MR) is 147 cm³/mol. The monoisotopic (exact) mass is 545 g/mol. The van der Waals surface area contributed by atoms with Crippen LogP contribution in [0.5, 0.6) is 5.75 Å².